The highest BCUT2D eigenvalue weighted by Gasteiger charge is 2.09. The van der Waals surface area contributed by atoms with Crippen molar-refractivity contribution in [2.75, 3.05) is 0 Å². The Labute approximate surface area is 86.2 Å². The Bertz CT molecular complexity index is 635. The summed E-state index contributed by atoms with van der Waals surface area (Å²) in [5.74, 6) is 0. The lowest BCUT2D eigenvalue weighted by atomic mass is 10.2. The molecule has 2 aromatic heterocycles. The van der Waals surface area contributed by atoms with E-state index in [0.29, 0.717) is 5.69 Å². The van der Waals surface area contributed by atoms with Gasteiger partial charge in [0.05, 0.1) is 11.7 Å². The summed E-state index contributed by atoms with van der Waals surface area (Å²) in [6, 6.07) is 10.1. The lowest BCUT2D eigenvalue weighted by molar-refractivity contribution is 1.12. The molecule has 3 aromatic rings. The number of fused-ring (bicyclic) bond motifs is 3. The molecule has 0 spiro atoms. The summed E-state index contributed by atoms with van der Waals surface area (Å²) in [4.78, 5) is 4.08. The van der Waals surface area contributed by atoms with Crippen LogP contribution in [0.5, 0.6) is 0 Å². The van der Waals surface area contributed by atoms with Crippen LogP contribution in [0.2, 0.25) is 0 Å². The molecule has 0 amide bonds. The molecule has 0 N–H and O–H groups in total. The molecule has 0 saturated carbocycles. The topological polar surface area (TPSA) is 41.1 Å². The van der Waals surface area contributed by atoms with Gasteiger partial charge in [-0.1, -0.05) is 24.3 Å². The van der Waals surface area contributed by atoms with Crippen LogP contribution in [0.25, 0.3) is 16.3 Å². The van der Waals surface area contributed by atoms with Crippen molar-refractivity contribution in [1.82, 2.24) is 9.38 Å². The lowest BCUT2D eigenvalue weighted by Crippen LogP contribution is -1.86. The third-order valence-corrected chi connectivity index (χ3v) is 2.56. The van der Waals surface area contributed by atoms with Crippen LogP contribution in [0.3, 0.4) is 0 Å². The normalized spacial score (nSPS) is 10.6. The molecule has 15 heavy (non-hydrogen) atoms. The van der Waals surface area contributed by atoms with Gasteiger partial charge in [0.1, 0.15) is 11.8 Å². The molecular weight excluding hydrogens is 186 g/mol. The first kappa shape index (κ1) is 8.01. The maximum Gasteiger partial charge on any atom is 0.132 e. The predicted molar refractivity (Wildman–Crippen MR) is 57.4 cm³/mol. The van der Waals surface area contributed by atoms with Gasteiger partial charge in [-0.3, -0.25) is 4.98 Å². The van der Waals surface area contributed by atoms with Crippen LogP contribution in [-0.4, -0.2) is 9.38 Å². The Morgan fingerprint density at radius 2 is 2.00 bits per heavy atom. The predicted octanol–water partition coefficient (Wildman–Crippen LogP) is 2.36. The van der Waals surface area contributed by atoms with Crippen molar-refractivity contribution in [3.63, 3.8) is 0 Å². The van der Waals surface area contributed by atoms with Gasteiger partial charge in [0, 0.05) is 23.2 Å². The fraction of sp³-hybridized carbons (Fsp3) is 0. The van der Waals surface area contributed by atoms with Gasteiger partial charge in [0.25, 0.3) is 0 Å². The number of aromatic nitrogens is 2. The minimum Gasteiger partial charge on any atom is -0.304 e. The van der Waals surface area contributed by atoms with Crippen molar-refractivity contribution in [2.24, 2.45) is 0 Å². The van der Waals surface area contributed by atoms with E-state index in [1.54, 1.807) is 12.4 Å². The van der Waals surface area contributed by atoms with E-state index in [4.69, 9.17) is 5.26 Å². The highest BCUT2D eigenvalue weighted by atomic mass is 14.9. The number of benzene rings is 1. The van der Waals surface area contributed by atoms with Gasteiger partial charge in [-0.2, -0.15) is 5.26 Å². The number of hydrogen-bond acceptors (Lipinski definition) is 2. The first-order chi connectivity index (χ1) is 7.42. The van der Waals surface area contributed by atoms with Crippen LogP contribution >= 0.6 is 0 Å². The van der Waals surface area contributed by atoms with Gasteiger partial charge < -0.3 is 4.40 Å². The summed E-state index contributed by atoms with van der Waals surface area (Å²) in [7, 11) is 0. The van der Waals surface area contributed by atoms with Crippen LogP contribution in [0, 0.1) is 11.3 Å². The lowest BCUT2D eigenvalue weighted by Gasteiger charge is -1.92. The molecule has 0 aliphatic carbocycles. The third-order valence-electron chi connectivity index (χ3n) is 2.56. The number of nitrogens with zero attached hydrogens (tertiary/aromatic N) is 3. The largest absolute Gasteiger partial charge is 0.304 e. The maximum atomic E-state index is 9.13. The fourth-order valence-electron chi connectivity index (χ4n) is 1.91. The van der Waals surface area contributed by atoms with Crippen LogP contribution in [0.4, 0.5) is 0 Å². The second-order valence-electron chi connectivity index (χ2n) is 3.34. The van der Waals surface area contributed by atoms with Crippen molar-refractivity contribution in [3.8, 4) is 6.07 Å². The van der Waals surface area contributed by atoms with Crippen molar-refractivity contribution in [2.45, 2.75) is 0 Å². The zero-order valence-electron chi connectivity index (χ0n) is 7.88. The van der Waals surface area contributed by atoms with E-state index >= 15 is 0 Å². The Morgan fingerprint density at radius 1 is 1.20 bits per heavy atom. The van der Waals surface area contributed by atoms with E-state index in [9.17, 15) is 0 Å². The van der Waals surface area contributed by atoms with E-state index in [0.717, 1.165) is 16.3 Å². The summed E-state index contributed by atoms with van der Waals surface area (Å²) >= 11 is 0. The molecule has 0 atom stereocenters. The molecule has 0 saturated heterocycles. The zero-order valence-corrected chi connectivity index (χ0v) is 7.88. The second kappa shape index (κ2) is 2.82. The smallest absolute Gasteiger partial charge is 0.132 e. The average molecular weight is 193 g/mol. The van der Waals surface area contributed by atoms with E-state index < -0.39 is 0 Å². The molecule has 0 radical (unpaired) electrons. The molecule has 3 rings (SSSR count). The minimum absolute atomic E-state index is 0.669. The Morgan fingerprint density at radius 3 is 2.80 bits per heavy atom. The molecule has 0 unspecified atom stereocenters. The summed E-state index contributed by atoms with van der Waals surface area (Å²) in [6.45, 7) is 0. The highest BCUT2D eigenvalue weighted by molar-refractivity contribution is 6.00. The SMILES string of the molecule is N#Cc1c2ccccc2c2cnccn12. The summed E-state index contributed by atoms with van der Waals surface area (Å²) in [5, 5.41) is 11.2. The number of nitriles is 1. The average Bonchev–Trinajstić information content (AvgIpc) is 2.63. The zero-order chi connectivity index (χ0) is 10.3. The summed E-state index contributed by atoms with van der Waals surface area (Å²) in [6.07, 6.45) is 5.28. The second-order valence-corrected chi connectivity index (χ2v) is 3.34. The number of hydrogen-bond donors (Lipinski definition) is 0. The van der Waals surface area contributed by atoms with Crippen molar-refractivity contribution >= 4 is 16.3 Å². The van der Waals surface area contributed by atoms with E-state index in [1.807, 2.05) is 34.9 Å². The molecule has 0 bridgehead atoms. The molecular formula is C12H7N3. The van der Waals surface area contributed by atoms with E-state index in [2.05, 4.69) is 11.1 Å². The van der Waals surface area contributed by atoms with Gasteiger partial charge >= 0.3 is 0 Å². The molecule has 3 nitrogen and oxygen atoms in total. The minimum atomic E-state index is 0.669. The van der Waals surface area contributed by atoms with Gasteiger partial charge in [-0.15, -0.1) is 0 Å². The van der Waals surface area contributed by atoms with Crippen LogP contribution in [0.15, 0.2) is 42.9 Å². The number of rotatable bonds is 0. The van der Waals surface area contributed by atoms with Crippen LogP contribution in [-0.2, 0) is 0 Å². The van der Waals surface area contributed by atoms with Gasteiger partial charge in [-0.05, 0) is 0 Å². The Balaban J connectivity index is 2.70. The van der Waals surface area contributed by atoms with Crippen LogP contribution < -0.4 is 0 Å². The van der Waals surface area contributed by atoms with Gasteiger partial charge in [0.2, 0.25) is 0 Å². The first-order valence-corrected chi connectivity index (χ1v) is 4.64. The fourth-order valence-corrected chi connectivity index (χ4v) is 1.91. The quantitative estimate of drug-likeness (QED) is 0.550. The third kappa shape index (κ3) is 0.960. The van der Waals surface area contributed by atoms with Gasteiger partial charge in [-0.25, -0.2) is 0 Å². The highest BCUT2D eigenvalue weighted by Crippen LogP contribution is 2.25. The van der Waals surface area contributed by atoms with E-state index in [-0.39, 0.29) is 0 Å². The molecule has 0 aliphatic heterocycles. The maximum absolute atomic E-state index is 9.13. The molecule has 0 aliphatic rings. The van der Waals surface area contributed by atoms with Crippen molar-refractivity contribution < 1.29 is 0 Å². The standard InChI is InChI=1S/C12H7N3/c13-7-11-9-3-1-2-4-10(9)12-8-14-5-6-15(11)12/h1-6,8H. The van der Waals surface area contributed by atoms with Crippen molar-refractivity contribution in [1.29, 1.82) is 5.26 Å². The van der Waals surface area contributed by atoms with E-state index in [1.165, 1.54) is 0 Å². The Kier molecular flexibility index (Phi) is 1.51. The molecule has 70 valence electrons. The molecule has 1 aromatic carbocycles. The van der Waals surface area contributed by atoms with Gasteiger partial charge in [0.15, 0.2) is 0 Å². The Hall–Kier alpha value is -2.34. The molecule has 2 heterocycles. The van der Waals surface area contributed by atoms with Crippen molar-refractivity contribution in [3.05, 3.63) is 48.5 Å². The monoisotopic (exact) mass is 193 g/mol. The summed E-state index contributed by atoms with van der Waals surface area (Å²) < 4.78 is 1.87. The van der Waals surface area contributed by atoms with Crippen LogP contribution in [0.1, 0.15) is 5.69 Å². The molecule has 3 heteroatoms. The molecule has 0 fully saturated rings. The summed E-state index contributed by atoms with van der Waals surface area (Å²) in [5.41, 5.74) is 1.65. The first-order valence-electron chi connectivity index (χ1n) is 4.64.